The van der Waals surface area contributed by atoms with Gasteiger partial charge in [0, 0.05) is 50.1 Å². The van der Waals surface area contributed by atoms with Crippen molar-refractivity contribution in [3.8, 4) is 11.1 Å². The summed E-state index contributed by atoms with van der Waals surface area (Å²) >= 11 is 0. The van der Waals surface area contributed by atoms with Crippen molar-refractivity contribution in [3.05, 3.63) is 210 Å². The van der Waals surface area contributed by atoms with Gasteiger partial charge >= 0.3 is 0 Å². The van der Waals surface area contributed by atoms with E-state index in [1.165, 1.54) is 54.6 Å². The largest absolute Gasteiger partial charge is 0.460 e. The first-order chi connectivity index (χ1) is 30.6. The highest BCUT2D eigenvalue weighted by molar-refractivity contribution is 6.27. The molecule has 0 saturated carbocycles. The summed E-state index contributed by atoms with van der Waals surface area (Å²) in [5, 5.41) is 8.52. The summed E-state index contributed by atoms with van der Waals surface area (Å²) in [5.41, 5.74) is 14.7. The number of rotatable bonds is 10. The molecule has 0 saturated heterocycles. The van der Waals surface area contributed by atoms with Gasteiger partial charge in [-0.25, -0.2) is 0 Å². The normalized spacial score (nSPS) is 11.5. The molecule has 63 heavy (non-hydrogen) atoms. The van der Waals surface area contributed by atoms with Crippen molar-refractivity contribution in [2.45, 2.75) is 68.7 Å². The topological polar surface area (TPSA) is 19.6 Å². The van der Waals surface area contributed by atoms with E-state index in [9.17, 15) is 0 Å². The highest BCUT2D eigenvalue weighted by Crippen LogP contribution is 2.46. The maximum atomic E-state index is 6.48. The van der Waals surface area contributed by atoms with E-state index in [1.807, 2.05) is 20.8 Å². The third-order valence-corrected chi connectivity index (χ3v) is 11.7. The molecular formula is C60H60N2O. The second-order valence-electron chi connectivity index (χ2n) is 16.0. The summed E-state index contributed by atoms with van der Waals surface area (Å²) in [6.07, 6.45) is 9.32. The van der Waals surface area contributed by atoms with Gasteiger partial charge in [-0.15, -0.1) is 6.58 Å². The summed E-state index contributed by atoms with van der Waals surface area (Å²) in [4.78, 5) is 4.68. The molecule has 0 atom stereocenters. The molecule has 0 fully saturated rings. The monoisotopic (exact) mass is 824 g/mol. The van der Waals surface area contributed by atoms with Crippen LogP contribution < -0.4 is 9.80 Å². The van der Waals surface area contributed by atoms with Crippen LogP contribution >= 0.6 is 0 Å². The van der Waals surface area contributed by atoms with Crippen LogP contribution in [0.3, 0.4) is 0 Å². The molecule has 0 unspecified atom stereocenters. The number of anilines is 4. The maximum absolute atomic E-state index is 6.48. The van der Waals surface area contributed by atoms with Gasteiger partial charge in [0.1, 0.15) is 11.3 Å². The zero-order valence-corrected chi connectivity index (χ0v) is 38.5. The molecule has 0 amide bonds. The minimum Gasteiger partial charge on any atom is -0.460 e. The number of hydrogen-bond acceptors (Lipinski definition) is 3. The minimum absolute atomic E-state index is 0.907. The molecule has 0 aliphatic rings. The summed E-state index contributed by atoms with van der Waals surface area (Å²) in [6.45, 7) is 26.5. The molecule has 8 aromatic carbocycles. The Morgan fingerprint density at radius 2 is 1.16 bits per heavy atom. The van der Waals surface area contributed by atoms with Gasteiger partial charge in [-0.1, -0.05) is 154 Å². The smallest absolute Gasteiger partial charge is 0.142 e. The molecule has 1 aromatic heterocycles. The lowest BCUT2D eigenvalue weighted by Crippen LogP contribution is -2.15. The Bertz CT molecular complexity index is 3100. The van der Waals surface area contributed by atoms with E-state index < -0.39 is 0 Å². The van der Waals surface area contributed by atoms with Crippen molar-refractivity contribution >= 4 is 72.1 Å². The Balaban J connectivity index is 0.00000114. The summed E-state index contributed by atoms with van der Waals surface area (Å²) in [5.74, 6) is 0.907. The van der Waals surface area contributed by atoms with Gasteiger partial charge in [0.2, 0.25) is 0 Å². The predicted molar refractivity (Wildman–Crippen MR) is 277 cm³/mol. The number of para-hydroxylation sites is 1. The van der Waals surface area contributed by atoms with Crippen LogP contribution in [0.15, 0.2) is 187 Å². The van der Waals surface area contributed by atoms with Crippen LogP contribution in [-0.4, -0.2) is 0 Å². The zero-order valence-electron chi connectivity index (χ0n) is 38.5. The van der Waals surface area contributed by atoms with Crippen LogP contribution in [0.5, 0.6) is 0 Å². The quantitative estimate of drug-likeness (QED) is 0.0778. The molecule has 0 aliphatic carbocycles. The summed E-state index contributed by atoms with van der Waals surface area (Å²) < 4.78 is 6.48. The van der Waals surface area contributed by atoms with Crippen molar-refractivity contribution in [3.63, 3.8) is 0 Å². The highest BCUT2D eigenvalue weighted by Gasteiger charge is 2.21. The van der Waals surface area contributed by atoms with E-state index in [-0.39, 0.29) is 0 Å². The lowest BCUT2D eigenvalue weighted by atomic mass is 9.91. The Hall–Kier alpha value is -7.10. The first kappa shape index (κ1) is 44.0. The van der Waals surface area contributed by atoms with Gasteiger partial charge in [-0.2, -0.15) is 0 Å². The maximum Gasteiger partial charge on any atom is 0.142 e. The molecule has 3 heteroatoms. The SMILES string of the molecule is C=C(C)N(c1ccc(C)cc1)c1ccc2ccc3c(N(/C(C)=C/C=C\c4c(C)oc5c(-c6ccccc6C)cccc45)c4ccc(CC)cc4)ccc4ccc1c2c43.C=CC.CC. The van der Waals surface area contributed by atoms with E-state index in [2.05, 4.69) is 222 Å². The fourth-order valence-electron chi connectivity index (χ4n) is 8.74. The minimum atomic E-state index is 0.907. The van der Waals surface area contributed by atoms with Gasteiger partial charge in [0.05, 0.1) is 11.4 Å². The standard InChI is InChI=1S/C55H48N2O.C3H6.C2H6/c1-8-40-21-29-44(30-22-40)57(38(6)14-11-16-46-39(7)58-55-47(17-12-18-48(46)55)45-15-10-9-13-37(45)5)52-34-26-42-23-31-49-51(33-25-41-24-32-50(52)54(42)53(41)49)56(35(2)3)43-27-19-36(4)20-28-43;1-3-2;1-2/h9-34H,2,8H2,1,3-7H3;3H,1H2,2H3;1-2H3/b16-11-,38-14+;;. The Morgan fingerprint density at radius 3 is 1.75 bits per heavy atom. The highest BCUT2D eigenvalue weighted by atomic mass is 16.3. The molecule has 3 nitrogen and oxygen atoms in total. The second kappa shape index (κ2) is 19.3. The van der Waals surface area contributed by atoms with Crippen LogP contribution in [-0.2, 0) is 6.42 Å². The fourth-order valence-corrected chi connectivity index (χ4v) is 8.74. The van der Waals surface area contributed by atoms with Crippen molar-refractivity contribution in [1.82, 2.24) is 0 Å². The van der Waals surface area contributed by atoms with Crippen LogP contribution in [0.25, 0.3) is 60.5 Å². The first-order valence-electron chi connectivity index (χ1n) is 22.3. The number of nitrogens with zero attached hydrogens (tertiary/aromatic N) is 2. The van der Waals surface area contributed by atoms with E-state index in [0.717, 1.165) is 68.4 Å². The third kappa shape index (κ3) is 8.57. The molecule has 9 rings (SSSR count). The van der Waals surface area contributed by atoms with Crippen molar-refractivity contribution < 1.29 is 4.42 Å². The molecule has 316 valence electrons. The lowest BCUT2D eigenvalue weighted by Gasteiger charge is -2.29. The molecule has 9 aromatic rings. The lowest BCUT2D eigenvalue weighted by molar-refractivity contribution is 0.578. The van der Waals surface area contributed by atoms with Crippen LogP contribution in [0.2, 0.25) is 0 Å². The summed E-state index contributed by atoms with van der Waals surface area (Å²) in [7, 11) is 0. The van der Waals surface area contributed by atoms with Crippen LogP contribution in [0.4, 0.5) is 22.7 Å². The zero-order chi connectivity index (χ0) is 44.8. The number of aryl methyl sites for hydroxylation is 4. The predicted octanol–water partition coefficient (Wildman–Crippen LogP) is 18.1. The Labute approximate surface area is 375 Å². The summed E-state index contributed by atoms with van der Waals surface area (Å²) in [6, 6.07) is 50.9. The van der Waals surface area contributed by atoms with E-state index in [1.54, 1.807) is 6.08 Å². The van der Waals surface area contributed by atoms with E-state index in [0.29, 0.717) is 0 Å². The Morgan fingerprint density at radius 1 is 0.619 bits per heavy atom. The van der Waals surface area contributed by atoms with Gasteiger partial charge in [-0.05, 0) is 129 Å². The van der Waals surface area contributed by atoms with Crippen molar-refractivity contribution in [2.75, 3.05) is 9.80 Å². The van der Waals surface area contributed by atoms with Gasteiger partial charge in [0.15, 0.2) is 0 Å². The van der Waals surface area contributed by atoms with Gasteiger partial charge in [-0.3, -0.25) is 0 Å². The third-order valence-electron chi connectivity index (χ3n) is 11.7. The number of allylic oxidation sites excluding steroid dienone is 5. The second-order valence-corrected chi connectivity index (χ2v) is 16.0. The molecule has 0 aliphatic heterocycles. The average molecular weight is 825 g/mol. The van der Waals surface area contributed by atoms with Crippen molar-refractivity contribution in [1.29, 1.82) is 0 Å². The van der Waals surface area contributed by atoms with E-state index >= 15 is 0 Å². The molecule has 0 radical (unpaired) electrons. The molecule has 0 bridgehead atoms. The van der Waals surface area contributed by atoms with Gasteiger partial charge in [0.25, 0.3) is 0 Å². The average Bonchev–Trinajstić information content (AvgIpc) is 3.63. The first-order valence-corrected chi connectivity index (χ1v) is 22.3. The molecular weight excluding hydrogens is 765 g/mol. The number of furan rings is 1. The molecule has 1 heterocycles. The van der Waals surface area contributed by atoms with E-state index in [4.69, 9.17) is 4.42 Å². The Kier molecular flexibility index (Phi) is 13.5. The molecule has 0 N–H and O–H groups in total. The number of fused-ring (bicyclic) bond motifs is 1. The van der Waals surface area contributed by atoms with Crippen LogP contribution in [0.1, 0.15) is 69.6 Å². The number of benzene rings is 8. The van der Waals surface area contributed by atoms with Gasteiger partial charge < -0.3 is 14.2 Å². The number of hydrogen-bond donors (Lipinski definition) is 0. The fraction of sp³-hybridized carbons (Fsp3) is 0.167. The van der Waals surface area contributed by atoms with Crippen molar-refractivity contribution in [2.24, 2.45) is 0 Å². The molecule has 0 spiro atoms. The van der Waals surface area contributed by atoms with Crippen LogP contribution in [0, 0.1) is 20.8 Å².